The first-order valence-electron chi connectivity index (χ1n) is 6.59. The third kappa shape index (κ3) is 3.49. The largest absolute Gasteiger partial charge is 0.375 e. The smallest absolute Gasteiger partial charge is 0.127 e. The van der Waals surface area contributed by atoms with Gasteiger partial charge in [0.15, 0.2) is 0 Å². The van der Waals surface area contributed by atoms with Crippen LogP contribution in [0.4, 0.5) is 10.7 Å². The molecule has 20 heavy (non-hydrogen) atoms. The predicted octanol–water partition coefficient (Wildman–Crippen LogP) is 3.26. The summed E-state index contributed by atoms with van der Waals surface area (Å²) >= 11 is 1.36. The van der Waals surface area contributed by atoms with Gasteiger partial charge in [-0.3, -0.25) is 0 Å². The van der Waals surface area contributed by atoms with Crippen molar-refractivity contribution in [3.8, 4) is 6.07 Å². The quantitative estimate of drug-likeness (QED) is 0.828. The number of aromatic nitrogens is 1. The molecule has 0 aliphatic carbocycles. The second-order valence-electron chi connectivity index (χ2n) is 4.62. The Labute approximate surface area is 123 Å². The van der Waals surface area contributed by atoms with Gasteiger partial charge in [0.1, 0.15) is 16.6 Å². The highest BCUT2D eigenvalue weighted by Crippen LogP contribution is 2.23. The van der Waals surface area contributed by atoms with Crippen LogP contribution in [-0.4, -0.2) is 24.5 Å². The van der Waals surface area contributed by atoms with Crippen molar-refractivity contribution in [3.63, 3.8) is 0 Å². The molecule has 0 amide bonds. The molecular weight excluding hydrogens is 268 g/mol. The van der Waals surface area contributed by atoms with E-state index in [2.05, 4.69) is 39.8 Å². The van der Waals surface area contributed by atoms with Gasteiger partial charge in [0.2, 0.25) is 0 Å². The number of hydrogen-bond acceptors (Lipinski definition) is 5. The Bertz CT molecular complexity index is 586. The Morgan fingerprint density at radius 2 is 2.10 bits per heavy atom. The molecule has 2 aromatic rings. The highest BCUT2D eigenvalue weighted by atomic mass is 32.1. The molecule has 0 unspecified atom stereocenters. The normalized spacial score (nSPS) is 10.1. The summed E-state index contributed by atoms with van der Waals surface area (Å²) < 4.78 is 4.20. The van der Waals surface area contributed by atoms with Crippen LogP contribution in [0, 0.1) is 18.3 Å². The van der Waals surface area contributed by atoms with Gasteiger partial charge in [0.05, 0.1) is 5.69 Å². The van der Waals surface area contributed by atoms with Crippen molar-refractivity contribution in [3.05, 3.63) is 41.6 Å². The number of benzene rings is 1. The van der Waals surface area contributed by atoms with Gasteiger partial charge >= 0.3 is 0 Å². The van der Waals surface area contributed by atoms with E-state index in [-0.39, 0.29) is 0 Å². The average Bonchev–Trinajstić information content (AvgIpc) is 2.84. The molecule has 0 saturated carbocycles. The number of anilines is 2. The van der Waals surface area contributed by atoms with Gasteiger partial charge in [0, 0.05) is 25.8 Å². The first-order valence-corrected chi connectivity index (χ1v) is 7.36. The molecular formula is C15H18N4S. The monoisotopic (exact) mass is 286 g/mol. The number of nitriles is 1. The maximum absolute atomic E-state index is 9.05. The van der Waals surface area contributed by atoms with Gasteiger partial charge in [-0.05, 0) is 37.0 Å². The minimum absolute atomic E-state index is 0.673. The number of para-hydroxylation sites is 1. The van der Waals surface area contributed by atoms with E-state index >= 15 is 0 Å². The molecule has 0 radical (unpaired) electrons. The second kappa shape index (κ2) is 6.92. The van der Waals surface area contributed by atoms with Crippen LogP contribution in [0.5, 0.6) is 0 Å². The van der Waals surface area contributed by atoms with E-state index in [0.717, 1.165) is 30.2 Å². The highest BCUT2D eigenvalue weighted by molar-refractivity contribution is 7.10. The minimum Gasteiger partial charge on any atom is -0.375 e. The molecule has 0 aliphatic heterocycles. The van der Waals surface area contributed by atoms with E-state index in [1.165, 1.54) is 17.2 Å². The van der Waals surface area contributed by atoms with Crippen LogP contribution in [0.1, 0.15) is 17.7 Å². The van der Waals surface area contributed by atoms with Crippen LogP contribution in [0.15, 0.2) is 30.3 Å². The zero-order valence-electron chi connectivity index (χ0n) is 11.8. The van der Waals surface area contributed by atoms with Crippen LogP contribution in [-0.2, 0) is 0 Å². The van der Waals surface area contributed by atoms with Crippen molar-refractivity contribution in [2.24, 2.45) is 0 Å². The second-order valence-corrected chi connectivity index (χ2v) is 5.39. The van der Waals surface area contributed by atoms with Crippen molar-refractivity contribution in [1.29, 1.82) is 5.26 Å². The Balaban J connectivity index is 1.78. The zero-order chi connectivity index (χ0) is 14.4. The van der Waals surface area contributed by atoms with Gasteiger partial charge in [-0.25, -0.2) is 0 Å². The molecule has 2 rings (SSSR count). The number of nitrogens with zero attached hydrogens (tertiary/aromatic N) is 3. The Kier molecular flexibility index (Phi) is 4.97. The highest BCUT2D eigenvalue weighted by Gasteiger charge is 2.09. The maximum atomic E-state index is 9.05. The van der Waals surface area contributed by atoms with Crippen LogP contribution >= 0.6 is 11.5 Å². The van der Waals surface area contributed by atoms with Crippen molar-refractivity contribution in [2.75, 3.05) is 30.4 Å². The van der Waals surface area contributed by atoms with Crippen LogP contribution in [0.2, 0.25) is 0 Å². The standard InChI is InChI=1S/C15H18N4S/c1-12-14(11-16)15(20-18-12)17-9-6-10-19(2)13-7-4-3-5-8-13/h3-5,7-8,17H,6,9-10H2,1-2H3. The number of nitrogens with one attached hydrogen (secondary N) is 1. The number of rotatable bonds is 6. The predicted molar refractivity (Wildman–Crippen MR) is 84.4 cm³/mol. The summed E-state index contributed by atoms with van der Waals surface area (Å²) in [6, 6.07) is 12.5. The molecule has 1 aromatic carbocycles. The molecule has 0 spiro atoms. The molecule has 0 aliphatic rings. The van der Waals surface area contributed by atoms with E-state index in [9.17, 15) is 0 Å². The van der Waals surface area contributed by atoms with Crippen molar-refractivity contribution in [1.82, 2.24) is 4.37 Å². The molecule has 5 heteroatoms. The SMILES string of the molecule is Cc1nsc(NCCCN(C)c2ccccc2)c1C#N. The first kappa shape index (κ1) is 14.4. The fourth-order valence-electron chi connectivity index (χ4n) is 1.95. The lowest BCUT2D eigenvalue weighted by Crippen LogP contribution is -2.20. The lowest BCUT2D eigenvalue weighted by atomic mass is 10.2. The number of aryl methyl sites for hydroxylation is 1. The van der Waals surface area contributed by atoms with Gasteiger partial charge in [-0.2, -0.15) is 9.64 Å². The van der Waals surface area contributed by atoms with Crippen LogP contribution < -0.4 is 10.2 Å². The lowest BCUT2D eigenvalue weighted by Gasteiger charge is -2.19. The van der Waals surface area contributed by atoms with E-state index in [4.69, 9.17) is 5.26 Å². The van der Waals surface area contributed by atoms with Gasteiger partial charge < -0.3 is 10.2 Å². The fourth-order valence-corrected chi connectivity index (χ4v) is 2.72. The maximum Gasteiger partial charge on any atom is 0.127 e. The summed E-state index contributed by atoms with van der Waals surface area (Å²) in [5.41, 5.74) is 2.70. The van der Waals surface area contributed by atoms with Gasteiger partial charge in [0.25, 0.3) is 0 Å². The van der Waals surface area contributed by atoms with Crippen LogP contribution in [0.3, 0.4) is 0 Å². The minimum atomic E-state index is 0.673. The third-order valence-corrected chi connectivity index (χ3v) is 4.02. The summed E-state index contributed by atoms with van der Waals surface area (Å²) in [7, 11) is 2.09. The third-order valence-electron chi connectivity index (χ3n) is 3.13. The molecule has 1 aromatic heterocycles. The number of hydrogen-bond donors (Lipinski definition) is 1. The molecule has 1 heterocycles. The topological polar surface area (TPSA) is 52.0 Å². The Morgan fingerprint density at radius 1 is 1.35 bits per heavy atom. The van der Waals surface area contributed by atoms with E-state index in [1.54, 1.807) is 0 Å². The molecule has 0 saturated heterocycles. The first-order chi connectivity index (χ1) is 9.72. The Hall–Kier alpha value is -2.06. The Morgan fingerprint density at radius 3 is 2.80 bits per heavy atom. The van der Waals surface area contributed by atoms with Gasteiger partial charge in [-0.15, -0.1) is 0 Å². The molecule has 4 nitrogen and oxygen atoms in total. The molecule has 104 valence electrons. The zero-order valence-corrected chi connectivity index (χ0v) is 12.6. The molecule has 1 N–H and O–H groups in total. The van der Waals surface area contributed by atoms with Crippen molar-refractivity contribution in [2.45, 2.75) is 13.3 Å². The average molecular weight is 286 g/mol. The summed E-state index contributed by atoms with van der Waals surface area (Å²) in [5.74, 6) is 0. The van der Waals surface area contributed by atoms with E-state index in [1.807, 2.05) is 25.1 Å². The molecule has 0 bridgehead atoms. The summed E-state index contributed by atoms with van der Waals surface area (Å²) in [6.45, 7) is 3.67. The van der Waals surface area contributed by atoms with Gasteiger partial charge in [-0.1, -0.05) is 18.2 Å². The van der Waals surface area contributed by atoms with Crippen LogP contribution in [0.25, 0.3) is 0 Å². The lowest BCUT2D eigenvalue weighted by molar-refractivity contribution is 0.817. The fraction of sp³-hybridized carbons (Fsp3) is 0.333. The van der Waals surface area contributed by atoms with E-state index < -0.39 is 0 Å². The van der Waals surface area contributed by atoms with Crippen molar-refractivity contribution >= 4 is 22.2 Å². The molecule has 0 atom stereocenters. The van der Waals surface area contributed by atoms with Crippen molar-refractivity contribution < 1.29 is 0 Å². The van der Waals surface area contributed by atoms with E-state index in [0.29, 0.717) is 5.56 Å². The summed E-state index contributed by atoms with van der Waals surface area (Å²) in [5, 5.41) is 13.2. The molecule has 0 fully saturated rings. The summed E-state index contributed by atoms with van der Waals surface area (Å²) in [6.07, 6.45) is 1.01. The summed E-state index contributed by atoms with van der Waals surface area (Å²) in [4.78, 5) is 2.23.